The third kappa shape index (κ3) is 5.16. The van der Waals surface area contributed by atoms with Gasteiger partial charge in [-0.25, -0.2) is 9.97 Å². The summed E-state index contributed by atoms with van der Waals surface area (Å²) in [5.74, 6) is 1.52. The van der Waals surface area contributed by atoms with Crippen molar-refractivity contribution < 1.29 is 4.79 Å². The summed E-state index contributed by atoms with van der Waals surface area (Å²) in [6.45, 7) is 1.58. The Kier molecular flexibility index (Phi) is 6.09. The van der Waals surface area contributed by atoms with Gasteiger partial charge in [-0.3, -0.25) is 4.79 Å². The molecule has 0 radical (unpaired) electrons. The average Bonchev–Trinajstić information content (AvgIpc) is 3.24. The van der Waals surface area contributed by atoms with E-state index in [-0.39, 0.29) is 18.5 Å². The van der Waals surface area contributed by atoms with Gasteiger partial charge < -0.3 is 10.2 Å². The van der Waals surface area contributed by atoms with Gasteiger partial charge in [-0.2, -0.15) is 15.0 Å². The van der Waals surface area contributed by atoms with Crippen LogP contribution in [-0.2, 0) is 11.3 Å². The van der Waals surface area contributed by atoms with E-state index in [9.17, 15) is 4.79 Å². The lowest BCUT2D eigenvalue weighted by molar-refractivity contribution is -0.132. The van der Waals surface area contributed by atoms with E-state index in [1.165, 1.54) is 4.80 Å². The van der Waals surface area contributed by atoms with E-state index in [0.29, 0.717) is 12.4 Å². The number of anilines is 1. The second-order valence-electron chi connectivity index (χ2n) is 7.22. The largest absolute Gasteiger partial charge is 0.365 e. The normalized spacial score (nSPS) is 17.4. The Morgan fingerprint density at radius 3 is 2.69 bits per heavy atom. The van der Waals surface area contributed by atoms with E-state index in [2.05, 4.69) is 25.5 Å². The van der Waals surface area contributed by atoms with Crippen LogP contribution in [0.15, 0.2) is 55.0 Å². The number of carbonyl (C=O) groups excluding carboxylic acids is 1. The molecule has 1 atom stereocenters. The first-order chi connectivity index (χ1) is 14.3. The lowest BCUT2D eigenvalue weighted by atomic mass is 10.0. The summed E-state index contributed by atoms with van der Waals surface area (Å²) in [5.41, 5.74) is 0.984. The second-order valence-corrected chi connectivity index (χ2v) is 7.22. The summed E-state index contributed by atoms with van der Waals surface area (Å²) in [6.07, 6.45) is 9.21. The summed E-state index contributed by atoms with van der Waals surface area (Å²) >= 11 is 0. The fourth-order valence-corrected chi connectivity index (χ4v) is 3.58. The highest BCUT2D eigenvalue weighted by Crippen LogP contribution is 2.19. The van der Waals surface area contributed by atoms with Crippen molar-refractivity contribution in [3.63, 3.8) is 0 Å². The van der Waals surface area contributed by atoms with Gasteiger partial charge in [0.25, 0.3) is 0 Å². The van der Waals surface area contributed by atoms with E-state index in [1.807, 2.05) is 41.3 Å². The zero-order chi connectivity index (χ0) is 19.9. The lowest BCUT2D eigenvalue weighted by Crippen LogP contribution is -2.43. The molecule has 8 nitrogen and oxygen atoms in total. The quantitative estimate of drug-likeness (QED) is 0.719. The molecule has 1 aliphatic heterocycles. The Morgan fingerprint density at radius 2 is 1.86 bits per heavy atom. The van der Waals surface area contributed by atoms with Crippen LogP contribution in [0.4, 0.5) is 5.82 Å². The first-order valence-electron chi connectivity index (χ1n) is 10.0. The molecule has 0 bridgehead atoms. The molecule has 3 heterocycles. The first kappa shape index (κ1) is 19.0. The van der Waals surface area contributed by atoms with Gasteiger partial charge in [-0.15, -0.1) is 0 Å². The van der Waals surface area contributed by atoms with Crippen LogP contribution in [0.5, 0.6) is 0 Å². The third-order valence-corrected chi connectivity index (χ3v) is 5.06. The Bertz CT molecular complexity index is 914. The smallest absolute Gasteiger partial charge is 0.246 e. The molecule has 0 spiro atoms. The molecule has 29 heavy (non-hydrogen) atoms. The number of nitrogens with zero attached hydrogens (tertiary/aromatic N) is 6. The summed E-state index contributed by atoms with van der Waals surface area (Å²) < 4.78 is 0. The van der Waals surface area contributed by atoms with Crippen LogP contribution in [-0.4, -0.2) is 54.9 Å². The average molecular weight is 391 g/mol. The number of rotatable bonds is 5. The Morgan fingerprint density at radius 1 is 1.03 bits per heavy atom. The number of aromatic nitrogens is 5. The van der Waals surface area contributed by atoms with Gasteiger partial charge in [0.05, 0.1) is 12.4 Å². The topological polar surface area (TPSA) is 88.8 Å². The maximum atomic E-state index is 12.7. The number of benzene rings is 1. The molecular formula is C21H25N7O. The molecule has 1 N–H and O–H groups in total. The molecule has 1 saturated heterocycles. The second kappa shape index (κ2) is 9.27. The Hall–Kier alpha value is -3.29. The minimum absolute atomic E-state index is 0.0440. The molecule has 1 fully saturated rings. The van der Waals surface area contributed by atoms with Crippen LogP contribution in [0.2, 0.25) is 0 Å². The molecule has 4 rings (SSSR count). The van der Waals surface area contributed by atoms with Crippen LogP contribution in [0.25, 0.3) is 11.4 Å². The number of likely N-dealkylation sites (tertiary alicyclic amines) is 1. The predicted octanol–water partition coefficient (Wildman–Crippen LogP) is 2.62. The lowest BCUT2D eigenvalue weighted by Gasteiger charge is -2.30. The summed E-state index contributed by atoms with van der Waals surface area (Å²) in [5, 5.41) is 11.6. The maximum Gasteiger partial charge on any atom is 0.246 e. The monoisotopic (exact) mass is 391 g/mol. The van der Waals surface area contributed by atoms with Gasteiger partial charge in [0.15, 0.2) is 5.82 Å². The maximum absolute atomic E-state index is 12.7. The van der Waals surface area contributed by atoms with Gasteiger partial charge in [0.1, 0.15) is 12.4 Å². The van der Waals surface area contributed by atoms with Gasteiger partial charge in [-0.1, -0.05) is 43.2 Å². The Balaban J connectivity index is 1.44. The van der Waals surface area contributed by atoms with Crippen LogP contribution in [0.3, 0.4) is 0 Å². The summed E-state index contributed by atoms with van der Waals surface area (Å²) in [7, 11) is 0. The van der Waals surface area contributed by atoms with Crippen LogP contribution < -0.4 is 5.32 Å². The fraction of sp³-hybridized carbons (Fsp3) is 0.381. The number of nitrogens with one attached hydrogen (secondary N) is 1. The first-order valence-corrected chi connectivity index (χ1v) is 10.0. The van der Waals surface area contributed by atoms with E-state index >= 15 is 0 Å². The van der Waals surface area contributed by atoms with E-state index in [0.717, 1.165) is 43.6 Å². The van der Waals surface area contributed by atoms with Gasteiger partial charge in [-0.05, 0) is 18.9 Å². The SMILES string of the molecule is O=C(Cn1nccn1)N1CCCCCC(Nc2ccnc(-c3ccccc3)n2)C1. The zero-order valence-electron chi connectivity index (χ0n) is 16.3. The number of amides is 1. The molecule has 1 unspecified atom stereocenters. The number of hydrogen-bond acceptors (Lipinski definition) is 6. The van der Waals surface area contributed by atoms with Crippen LogP contribution in [0, 0.1) is 0 Å². The van der Waals surface area contributed by atoms with Crippen molar-refractivity contribution in [3.05, 3.63) is 55.0 Å². The minimum atomic E-state index is 0.0440. The summed E-state index contributed by atoms with van der Waals surface area (Å²) in [6, 6.07) is 12.0. The van der Waals surface area contributed by atoms with Crippen molar-refractivity contribution in [1.29, 1.82) is 0 Å². The fourth-order valence-electron chi connectivity index (χ4n) is 3.58. The molecule has 3 aromatic rings. The molecule has 150 valence electrons. The van der Waals surface area contributed by atoms with Gasteiger partial charge in [0, 0.05) is 30.9 Å². The van der Waals surface area contributed by atoms with Crippen molar-refractivity contribution in [2.24, 2.45) is 0 Å². The van der Waals surface area contributed by atoms with Gasteiger partial charge >= 0.3 is 0 Å². The summed E-state index contributed by atoms with van der Waals surface area (Å²) in [4.78, 5) is 25.1. The van der Waals surface area contributed by atoms with Gasteiger partial charge in [0.2, 0.25) is 5.91 Å². The molecule has 1 aromatic carbocycles. The van der Waals surface area contributed by atoms with Crippen molar-refractivity contribution in [1.82, 2.24) is 29.9 Å². The number of hydrogen-bond donors (Lipinski definition) is 1. The zero-order valence-corrected chi connectivity index (χ0v) is 16.3. The minimum Gasteiger partial charge on any atom is -0.365 e. The molecule has 0 aliphatic carbocycles. The van der Waals surface area contributed by atoms with E-state index < -0.39 is 0 Å². The molecule has 0 saturated carbocycles. The predicted molar refractivity (Wildman–Crippen MR) is 110 cm³/mol. The van der Waals surface area contributed by atoms with Crippen molar-refractivity contribution in [3.8, 4) is 11.4 Å². The third-order valence-electron chi connectivity index (χ3n) is 5.06. The molecule has 2 aromatic heterocycles. The standard InChI is InChI=1S/C21H25N7O/c29-20(16-28-23-12-13-24-28)27-14-6-2-5-9-18(15-27)25-19-10-11-22-21(26-19)17-7-3-1-4-8-17/h1,3-4,7-8,10-13,18H,2,5-6,9,14-16H2,(H,22,25,26). The highest BCUT2D eigenvalue weighted by Gasteiger charge is 2.22. The number of carbonyl (C=O) groups is 1. The molecule has 8 heteroatoms. The molecule has 1 amide bonds. The van der Waals surface area contributed by atoms with E-state index in [1.54, 1.807) is 18.6 Å². The highest BCUT2D eigenvalue weighted by atomic mass is 16.2. The van der Waals surface area contributed by atoms with Crippen molar-refractivity contribution >= 4 is 11.7 Å². The van der Waals surface area contributed by atoms with Crippen molar-refractivity contribution in [2.75, 3.05) is 18.4 Å². The van der Waals surface area contributed by atoms with Crippen molar-refractivity contribution in [2.45, 2.75) is 38.3 Å². The highest BCUT2D eigenvalue weighted by molar-refractivity contribution is 5.75. The molecular weight excluding hydrogens is 366 g/mol. The molecule has 1 aliphatic rings. The van der Waals surface area contributed by atoms with E-state index in [4.69, 9.17) is 0 Å². The Labute approximate surface area is 170 Å². The van der Waals surface area contributed by atoms with Crippen LogP contribution in [0.1, 0.15) is 25.7 Å². The van der Waals surface area contributed by atoms with Crippen LogP contribution >= 0.6 is 0 Å².